The van der Waals surface area contributed by atoms with Crippen LogP contribution in [0.5, 0.6) is 0 Å². The Hall–Kier alpha value is -0.643. The highest BCUT2D eigenvalue weighted by Gasteiger charge is 2.33. The van der Waals surface area contributed by atoms with Crippen LogP contribution in [0.25, 0.3) is 0 Å². The van der Waals surface area contributed by atoms with Crippen molar-refractivity contribution in [2.24, 2.45) is 0 Å². The van der Waals surface area contributed by atoms with Gasteiger partial charge in [-0.05, 0) is 30.5 Å². The molecule has 2 nitrogen and oxygen atoms in total. The van der Waals surface area contributed by atoms with Crippen LogP contribution in [-0.4, -0.2) is 21.8 Å². The maximum Gasteiger partial charge on any atom is 0.337 e. The molecule has 0 heterocycles. The van der Waals surface area contributed by atoms with Crippen LogP contribution in [0.2, 0.25) is 12.1 Å². The molecule has 32 heavy (non-hydrogen) atoms. The Morgan fingerprint density at radius 2 is 0.969 bits per heavy atom. The second kappa shape index (κ2) is 20.9. The zero-order chi connectivity index (χ0) is 23.2. The minimum absolute atomic E-state index is 0.788. The van der Waals surface area contributed by atoms with E-state index < -0.39 is 8.56 Å². The summed E-state index contributed by atoms with van der Waals surface area (Å²) in [5, 5.41) is 0. The zero-order valence-corrected chi connectivity index (χ0v) is 22.8. The second-order valence-electron chi connectivity index (χ2n) is 9.50. The van der Waals surface area contributed by atoms with Crippen molar-refractivity contribution in [2.45, 2.75) is 136 Å². The molecule has 0 aliphatic carbocycles. The van der Waals surface area contributed by atoms with Crippen molar-refractivity contribution in [2.75, 3.05) is 13.2 Å². The van der Waals surface area contributed by atoms with Crippen LogP contribution < -0.4 is 0 Å². The maximum atomic E-state index is 6.40. The van der Waals surface area contributed by atoms with E-state index in [1.165, 1.54) is 102 Å². The number of rotatable bonds is 23. The Kier molecular flexibility index (Phi) is 19.2. The SMILES string of the molecule is CCCCCCCCCCCCCCCCCO[Si](CC)(CC)OCCc1ccccc1. The summed E-state index contributed by atoms with van der Waals surface area (Å²) in [6, 6.07) is 12.7. The third kappa shape index (κ3) is 15.2. The minimum atomic E-state index is -2.00. The van der Waals surface area contributed by atoms with Crippen molar-refractivity contribution in [1.29, 1.82) is 0 Å². The van der Waals surface area contributed by atoms with Gasteiger partial charge in [-0.25, -0.2) is 0 Å². The van der Waals surface area contributed by atoms with Gasteiger partial charge in [0.05, 0.1) is 0 Å². The topological polar surface area (TPSA) is 18.5 Å². The highest BCUT2D eigenvalue weighted by atomic mass is 28.4. The molecule has 0 unspecified atom stereocenters. The molecule has 0 saturated heterocycles. The van der Waals surface area contributed by atoms with Gasteiger partial charge in [0.2, 0.25) is 0 Å². The lowest BCUT2D eigenvalue weighted by Crippen LogP contribution is -2.41. The normalized spacial score (nSPS) is 11.8. The molecule has 0 aromatic heterocycles. The van der Waals surface area contributed by atoms with Gasteiger partial charge in [-0.2, -0.15) is 0 Å². The third-order valence-corrected chi connectivity index (χ3v) is 10.4. The number of unbranched alkanes of at least 4 members (excludes halogenated alkanes) is 14. The maximum absolute atomic E-state index is 6.40. The first-order chi connectivity index (χ1) is 15.8. The fourth-order valence-electron chi connectivity index (χ4n) is 4.43. The van der Waals surface area contributed by atoms with Gasteiger partial charge in [0, 0.05) is 13.2 Å². The zero-order valence-electron chi connectivity index (χ0n) is 21.8. The summed E-state index contributed by atoms with van der Waals surface area (Å²) in [5.74, 6) is 0. The van der Waals surface area contributed by atoms with Gasteiger partial charge in [0.25, 0.3) is 0 Å². The highest BCUT2D eigenvalue weighted by Crippen LogP contribution is 2.20. The van der Waals surface area contributed by atoms with Crippen molar-refractivity contribution in [3.8, 4) is 0 Å². The highest BCUT2D eigenvalue weighted by molar-refractivity contribution is 6.67. The molecular weight excluding hydrogens is 408 g/mol. The summed E-state index contributed by atoms with van der Waals surface area (Å²) < 4.78 is 12.8. The van der Waals surface area contributed by atoms with Crippen LogP contribution >= 0.6 is 0 Å². The lowest BCUT2D eigenvalue weighted by molar-refractivity contribution is 0.167. The molecule has 3 heteroatoms. The van der Waals surface area contributed by atoms with Crippen molar-refractivity contribution < 1.29 is 8.85 Å². The lowest BCUT2D eigenvalue weighted by Gasteiger charge is -2.29. The Labute approximate surface area is 202 Å². The summed E-state index contributed by atoms with van der Waals surface area (Å²) in [4.78, 5) is 0. The number of hydrogen-bond acceptors (Lipinski definition) is 2. The molecule has 1 rings (SSSR count). The number of hydrogen-bond donors (Lipinski definition) is 0. The number of benzene rings is 1. The summed E-state index contributed by atoms with van der Waals surface area (Å²) in [6.07, 6.45) is 22.0. The lowest BCUT2D eigenvalue weighted by atomic mass is 10.0. The predicted molar refractivity (Wildman–Crippen MR) is 144 cm³/mol. The van der Waals surface area contributed by atoms with Crippen LogP contribution in [-0.2, 0) is 15.3 Å². The smallest absolute Gasteiger partial charge is 0.337 e. The van der Waals surface area contributed by atoms with Gasteiger partial charge < -0.3 is 8.85 Å². The van der Waals surface area contributed by atoms with E-state index in [4.69, 9.17) is 8.85 Å². The van der Waals surface area contributed by atoms with Gasteiger partial charge in [0.15, 0.2) is 0 Å². The van der Waals surface area contributed by atoms with Crippen LogP contribution in [0.15, 0.2) is 30.3 Å². The Balaban J connectivity index is 1.95. The molecule has 0 aliphatic heterocycles. The first-order valence-corrected chi connectivity index (χ1v) is 16.3. The van der Waals surface area contributed by atoms with Crippen molar-refractivity contribution in [3.63, 3.8) is 0 Å². The van der Waals surface area contributed by atoms with Crippen LogP contribution in [0, 0.1) is 0 Å². The molecule has 0 N–H and O–H groups in total. The van der Waals surface area contributed by atoms with Crippen molar-refractivity contribution in [3.05, 3.63) is 35.9 Å². The second-order valence-corrected chi connectivity index (χ2v) is 13.3. The summed E-state index contributed by atoms with van der Waals surface area (Å²) in [7, 11) is -2.00. The summed E-state index contributed by atoms with van der Waals surface area (Å²) in [5.41, 5.74) is 1.35. The monoisotopic (exact) mass is 462 g/mol. The van der Waals surface area contributed by atoms with Crippen molar-refractivity contribution in [1.82, 2.24) is 0 Å². The van der Waals surface area contributed by atoms with E-state index in [1.807, 2.05) is 0 Å². The van der Waals surface area contributed by atoms with E-state index in [0.717, 1.165) is 31.7 Å². The third-order valence-electron chi connectivity index (χ3n) is 6.79. The minimum Gasteiger partial charge on any atom is -0.394 e. The van der Waals surface area contributed by atoms with Gasteiger partial charge in [-0.1, -0.05) is 141 Å². The molecule has 0 atom stereocenters. The first-order valence-electron chi connectivity index (χ1n) is 14.1. The predicted octanol–water partition coefficient (Wildman–Crippen LogP) is 9.62. The molecule has 0 fully saturated rings. The molecule has 1 aromatic carbocycles. The molecule has 186 valence electrons. The van der Waals surface area contributed by atoms with Gasteiger partial charge >= 0.3 is 8.56 Å². The Bertz CT molecular complexity index is 501. The van der Waals surface area contributed by atoms with E-state index in [9.17, 15) is 0 Å². The molecule has 0 aliphatic rings. The Morgan fingerprint density at radius 1 is 0.531 bits per heavy atom. The van der Waals surface area contributed by atoms with Crippen LogP contribution in [0.3, 0.4) is 0 Å². The summed E-state index contributed by atoms with van der Waals surface area (Å²) >= 11 is 0. The van der Waals surface area contributed by atoms with Gasteiger partial charge in [0.1, 0.15) is 0 Å². The standard InChI is InChI=1S/C29H54O2Si/c1-4-7-8-9-10-11-12-13-14-15-16-17-18-19-23-27-30-32(5-2,6-3)31-28-26-29-24-21-20-22-25-29/h20-22,24-25H,4-19,23,26-28H2,1-3H3. The molecule has 0 spiro atoms. The van der Waals surface area contributed by atoms with Crippen molar-refractivity contribution >= 4 is 8.56 Å². The largest absolute Gasteiger partial charge is 0.394 e. The Morgan fingerprint density at radius 3 is 1.44 bits per heavy atom. The van der Waals surface area contributed by atoms with E-state index in [0.29, 0.717) is 0 Å². The van der Waals surface area contributed by atoms with Crippen LogP contribution in [0.1, 0.15) is 123 Å². The van der Waals surface area contributed by atoms with E-state index in [1.54, 1.807) is 0 Å². The fraction of sp³-hybridized carbons (Fsp3) is 0.793. The van der Waals surface area contributed by atoms with E-state index in [2.05, 4.69) is 51.1 Å². The molecule has 1 aromatic rings. The summed E-state index contributed by atoms with van der Waals surface area (Å²) in [6.45, 7) is 8.45. The van der Waals surface area contributed by atoms with Crippen LogP contribution in [0.4, 0.5) is 0 Å². The molecule has 0 amide bonds. The fourth-order valence-corrected chi connectivity index (χ4v) is 6.82. The van der Waals surface area contributed by atoms with E-state index in [-0.39, 0.29) is 0 Å². The average Bonchev–Trinajstić information content (AvgIpc) is 2.83. The quantitative estimate of drug-likeness (QED) is 0.119. The average molecular weight is 463 g/mol. The molecule has 0 bridgehead atoms. The molecule has 0 radical (unpaired) electrons. The van der Waals surface area contributed by atoms with Gasteiger partial charge in [-0.15, -0.1) is 0 Å². The van der Waals surface area contributed by atoms with Gasteiger partial charge in [-0.3, -0.25) is 0 Å². The molecule has 0 saturated carbocycles. The molecular formula is C29H54O2Si. The van der Waals surface area contributed by atoms with E-state index >= 15 is 0 Å². The first kappa shape index (κ1) is 29.4.